The van der Waals surface area contributed by atoms with Crippen LogP contribution in [0.3, 0.4) is 0 Å². The summed E-state index contributed by atoms with van der Waals surface area (Å²) in [5.41, 5.74) is 1.05. The number of ether oxygens (including phenoxy) is 1. The fourth-order valence-corrected chi connectivity index (χ4v) is 3.72. The molecule has 0 saturated heterocycles. The van der Waals surface area contributed by atoms with Gasteiger partial charge in [-0.25, -0.2) is 4.98 Å². The summed E-state index contributed by atoms with van der Waals surface area (Å²) in [6.45, 7) is 4.71. The Morgan fingerprint density at radius 2 is 2.16 bits per heavy atom. The Hall–Kier alpha value is -2.43. The van der Waals surface area contributed by atoms with Crippen LogP contribution < -0.4 is 0 Å². The molecule has 1 aromatic rings. The number of aliphatic hydroxyl groups is 1. The largest absolute Gasteiger partial charge is 0.466 e. The van der Waals surface area contributed by atoms with Crippen LogP contribution in [-0.2, 0) is 16.1 Å². The fourth-order valence-electron chi connectivity index (χ4n) is 3.61. The lowest BCUT2D eigenvalue weighted by molar-refractivity contribution is -0.433. The number of aromatic nitrogens is 1. The third-order valence-electron chi connectivity index (χ3n) is 5.14. The van der Waals surface area contributed by atoms with Crippen LogP contribution in [0.15, 0.2) is 29.8 Å². The second-order valence-corrected chi connectivity index (χ2v) is 8.06. The molecule has 1 aromatic heterocycles. The van der Waals surface area contributed by atoms with Crippen LogP contribution in [0.5, 0.6) is 0 Å². The number of hydrogen-bond donors (Lipinski definition) is 1. The SMILES string of the molecule is CCN(Cc1ccc(Cl)nc1)C1=C([N+](=O)[O-])CN(CCCC(=O)OCCCCO)CN1C. The number of halogens is 1. The van der Waals surface area contributed by atoms with Crippen molar-refractivity contribution in [2.75, 3.05) is 46.6 Å². The summed E-state index contributed by atoms with van der Waals surface area (Å²) in [7, 11) is 1.84. The standard InChI is InChI=1S/C21H32ClN5O5/c1-3-26(14-17-8-9-19(22)23-13-17)21-18(27(30)31)15-25(16-24(21)2)10-6-7-20(29)32-12-5-4-11-28/h8-9,13,28H,3-7,10-12,14-16H2,1-2H3. The Labute approximate surface area is 193 Å². The van der Waals surface area contributed by atoms with Gasteiger partial charge in [0, 0.05) is 45.9 Å². The number of esters is 1. The molecule has 10 nitrogen and oxygen atoms in total. The third kappa shape index (κ3) is 7.92. The van der Waals surface area contributed by atoms with Gasteiger partial charge in [-0.05, 0) is 37.8 Å². The van der Waals surface area contributed by atoms with Gasteiger partial charge >= 0.3 is 5.97 Å². The Morgan fingerprint density at radius 1 is 1.38 bits per heavy atom. The molecule has 0 aromatic carbocycles. The van der Waals surface area contributed by atoms with Crippen molar-refractivity contribution < 1.29 is 19.6 Å². The Morgan fingerprint density at radius 3 is 2.78 bits per heavy atom. The Bertz CT molecular complexity index is 789. The van der Waals surface area contributed by atoms with Crippen LogP contribution in [-0.4, -0.2) is 82.2 Å². The molecule has 1 N–H and O–H groups in total. The maximum absolute atomic E-state index is 11.9. The molecule has 1 aliphatic rings. The van der Waals surface area contributed by atoms with Gasteiger partial charge in [0.2, 0.25) is 0 Å². The summed E-state index contributed by atoms with van der Waals surface area (Å²) < 4.78 is 5.12. The minimum absolute atomic E-state index is 0.0837. The molecule has 0 amide bonds. The van der Waals surface area contributed by atoms with E-state index in [4.69, 9.17) is 21.4 Å². The van der Waals surface area contributed by atoms with Crippen molar-refractivity contribution in [2.24, 2.45) is 0 Å². The van der Waals surface area contributed by atoms with E-state index in [0.717, 1.165) is 5.56 Å². The second-order valence-electron chi connectivity index (χ2n) is 7.68. The first-order chi connectivity index (χ1) is 15.3. The minimum atomic E-state index is -0.323. The van der Waals surface area contributed by atoms with E-state index in [2.05, 4.69) is 4.98 Å². The van der Waals surface area contributed by atoms with Crippen LogP contribution in [0, 0.1) is 10.1 Å². The topological polar surface area (TPSA) is 112 Å². The quantitative estimate of drug-likeness (QED) is 0.153. The van der Waals surface area contributed by atoms with E-state index in [9.17, 15) is 14.9 Å². The summed E-state index contributed by atoms with van der Waals surface area (Å²) in [6.07, 6.45) is 3.73. The Kier molecular flexibility index (Phi) is 10.6. The number of nitro groups is 1. The first kappa shape index (κ1) is 25.8. The molecule has 11 heteroatoms. The number of unbranched alkanes of at least 4 members (excludes halogenated alkanes) is 1. The highest BCUT2D eigenvalue weighted by Gasteiger charge is 2.33. The lowest BCUT2D eigenvalue weighted by atomic mass is 10.2. The fraction of sp³-hybridized carbons (Fsp3) is 0.619. The van der Waals surface area contributed by atoms with Crippen molar-refractivity contribution in [3.8, 4) is 0 Å². The molecule has 2 rings (SSSR count). The van der Waals surface area contributed by atoms with Crippen molar-refractivity contribution in [3.05, 3.63) is 50.7 Å². The lowest BCUT2D eigenvalue weighted by Gasteiger charge is -2.39. The van der Waals surface area contributed by atoms with E-state index in [1.54, 1.807) is 12.3 Å². The number of pyridine rings is 1. The van der Waals surface area contributed by atoms with E-state index < -0.39 is 0 Å². The molecule has 0 unspecified atom stereocenters. The lowest BCUT2D eigenvalue weighted by Crippen LogP contribution is -2.48. The molecule has 0 spiro atoms. The van der Waals surface area contributed by atoms with Crippen molar-refractivity contribution in [1.82, 2.24) is 19.7 Å². The van der Waals surface area contributed by atoms with Crippen LogP contribution in [0.25, 0.3) is 0 Å². The van der Waals surface area contributed by atoms with Gasteiger partial charge in [0.15, 0.2) is 5.82 Å². The summed E-state index contributed by atoms with van der Waals surface area (Å²) in [6, 6.07) is 3.57. The maximum atomic E-state index is 11.9. The number of hydrogen-bond acceptors (Lipinski definition) is 9. The van der Waals surface area contributed by atoms with Crippen LogP contribution in [0.1, 0.15) is 38.2 Å². The summed E-state index contributed by atoms with van der Waals surface area (Å²) >= 11 is 5.86. The zero-order valence-corrected chi connectivity index (χ0v) is 19.5. The number of nitrogens with zero attached hydrogens (tertiary/aromatic N) is 5. The molecular formula is C21H32ClN5O5. The molecule has 178 valence electrons. The van der Waals surface area contributed by atoms with Gasteiger partial charge < -0.3 is 19.6 Å². The van der Waals surface area contributed by atoms with Gasteiger partial charge in [0.1, 0.15) is 5.15 Å². The molecular weight excluding hydrogens is 438 g/mol. The van der Waals surface area contributed by atoms with Gasteiger partial charge in [-0.2, -0.15) is 0 Å². The molecule has 1 aliphatic heterocycles. The van der Waals surface area contributed by atoms with Crippen LogP contribution in [0.4, 0.5) is 0 Å². The van der Waals surface area contributed by atoms with E-state index in [0.29, 0.717) is 63.1 Å². The van der Waals surface area contributed by atoms with Gasteiger partial charge in [-0.3, -0.25) is 19.8 Å². The van der Waals surface area contributed by atoms with Crippen molar-refractivity contribution >= 4 is 17.6 Å². The molecule has 0 aliphatic carbocycles. The predicted molar refractivity (Wildman–Crippen MR) is 120 cm³/mol. The molecule has 0 bridgehead atoms. The number of rotatable bonds is 13. The third-order valence-corrected chi connectivity index (χ3v) is 5.36. The molecule has 0 radical (unpaired) electrons. The van der Waals surface area contributed by atoms with Gasteiger partial charge in [-0.1, -0.05) is 17.7 Å². The smallest absolute Gasteiger partial charge is 0.305 e. The van der Waals surface area contributed by atoms with Gasteiger partial charge in [0.05, 0.1) is 24.7 Å². The maximum Gasteiger partial charge on any atom is 0.305 e. The molecule has 0 saturated carbocycles. The van der Waals surface area contributed by atoms with E-state index in [1.165, 1.54) is 0 Å². The highest BCUT2D eigenvalue weighted by atomic mass is 35.5. The van der Waals surface area contributed by atoms with Crippen molar-refractivity contribution in [1.29, 1.82) is 0 Å². The molecule has 0 atom stereocenters. The monoisotopic (exact) mass is 469 g/mol. The zero-order valence-electron chi connectivity index (χ0n) is 18.7. The normalized spacial score (nSPS) is 14.6. The predicted octanol–water partition coefficient (Wildman–Crippen LogP) is 2.30. The van der Waals surface area contributed by atoms with Gasteiger partial charge in [0.25, 0.3) is 5.70 Å². The van der Waals surface area contributed by atoms with E-state index in [-0.39, 0.29) is 36.2 Å². The van der Waals surface area contributed by atoms with E-state index in [1.807, 2.05) is 34.7 Å². The Balaban J connectivity index is 1.98. The highest BCUT2D eigenvalue weighted by Crippen LogP contribution is 2.24. The number of carbonyl (C=O) groups excluding carboxylic acids is 1. The molecule has 0 fully saturated rings. The van der Waals surface area contributed by atoms with E-state index >= 15 is 0 Å². The summed E-state index contributed by atoms with van der Waals surface area (Å²) in [5.74, 6) is 0.305. The number of aliphatic hydroxyl groups excluding tert-OH is 1. The van der Waals surface area contributed by atoms with Crippen LogP contribution in [0.2, 0.25) is 5.15 Å². The average Bonchev–Trinajstić information content (AvgIpc) is 2.76. The second kappa shape index (κ2) is 13.2. The summed E-state index contributed by atoms with van der Waals surface area (Å²) in [5, 5.41) is 21.0. The van der Waals surface area contributed by atoms with Crippen LogP contribution >= 0.6 is 11.6 Å². The first-order valence-corrected chi connectivity index (χ1v) is 11.2. The van der Waals surface area contributed by atoms with Gasteiger partial charge in [-0.15, -0.1) is 0 Å². The molecule has 32 heavy (non-hydrogen) atoms. The average molecular weight is 470 g/mol. The van der Waals surface area contributed by atoms with Crippen molar-refractivity contribution in [3.63, 3.8) is 0 Å². The first-order valence-electron chi connectivity index (χ1n) is 10.8. The molecule has 2 heterocycles. The van der Waals surface area contributed by atoms with Crippen molar-refractivity contribution in [2.45, 2.75) is 39.2 Å². The highest BCUT2D eigenvalue weighted by molar-refractivity contribution is 6.29. The minimum Gasteiger partial charge on any atom is -0.466 e. The zero-order chi connectivity index (χ0) is 23.5. The number of carbonyl (C=O) groups is 1. The summed E-state index contributed by atoms with van der Waals surface area (Å²) in [4.78, 5) is 33.2.